The summed E-state index contributed by atoms with van der Waals surface area (Å²) in [6.07, 6.45) is 7.83. The number of amides is 1. The lowest BCUT2D eigenvalue weighted by Crippen LogP contribution is -2.40. The Morgan fingerprint density at radius 3 is 3.04 bits per heavy atom. The number of rotatable bonds is 4. The molecule has 4 heterocycles. The van der Waals surface area contributed by atoms with E-state index >= 15 is 0 Å². The van der Waals surface area contributed by atoms with Crippen molar-refractivity contribution in [2.45, 2.75) is 25.3 Å². The van der Waals surface area contributed by atoms with Crippen LogP contribution in [0.2, 0.25) is 0 Å². The zero-order chi connectivity index (χ0) is 17.2. The highest BCUT2D eigenvalue weighted by Crippen LogP contribution is 2.27. The minimum Gasteiger partial charge on any atom is -0.347 e. The van der Waals surface area contributed by atoms with Crippen LogP contribution < -0.4 is 0 Å². The van der Waals surface area contributed by atoms with Gasteiger partial charge < -0.3 is 14.0 Å². The van der Waals surface area contributed by atoms with Crippen molar-refractivity contribution in [3.05, 3.63) is 58.8 Å². The maximum atomic E-state index is 12.8. The molecule has 1 aliphatic heterocycles. The summed E-state index contributed by atoms with van der Waals surface area (Å²) in [5.74, 6) is 1.43. The molecule has 130 valence electrons. The summed E-state index contributed by atoms with van der Waals surface area (Å²) in [6.45, 7) is 2.27. The van der Waals surface area contributed by atoms with Gasteiger partial charge in [-0.3, -0.25) is 4.79 Å². The number of aryl methyl sites for hydroxylation is 1. The Morgan fingerprint density at radius 2 is 2.28 bits per heavy atom. The maximum Gasteiger partial charge on any atom is 0.270 e. The second-order valence-corrected chi connectivity index (χ2v) is 7.21. The summed E-state index contributed by atoms with van der Waals surface area (Å²) in [7, 11) is 1.91. The molecule has 0 radical (unpaired) electrons. The van der Waals surface area contributed by atoms with Gasteiger partial charge in [0.25, 0.3) is 5.91 Å². The fourth-order valence-electron chi connectivity index (χ4n) is 3.52. The minimum atomic E-state index is 0.106. The summed E-state index contributed by atoms with van der Waals surface area (Å²) in [4.78, 5) is 23.7. The number of aromatic nitrogens is 4. The number of hydrogen-bond acceptors (Lipinski definition) is 4. The van der Waals surface area contributed by atoms with Crippen molar-refractivity contribution in [3.8, 4) is 0 Å². The number of carbonyl (C=O) groups is 1. The number of nitrogens with zero attached hydrogens (tertiary/aromatic N) is 5. The fourth-order valence-corrected chi connectivity index (χ4v) is 4.07. The lowest BCUT2D eigenvalue weighted by atomic mass is 9.96. The van der Waals surface area contributed by atoms with E-state index in [4.69, 9.17) is 0 Å². The fraction of sp³-hybridized carbons (Fsp3) is 0.389. The number of piperidine rings is 1. The Labute approximate surface area is 150 Å². The van der Waals surface area contributed by atoms with E-state index in [2.05, 4.69) is 19.9 Å². The van der Waals surface area contributed by atoms with Crippen LogP contribution in [-0.4, -0.2) is 43.0 Å². The zero-order valence-electron chi connectivity index (χ0n) is 14.2. The lowest BCUT2D eigenvalue weighted by molar-refractivity contribution is 0.0693. The van der Waals surface area contributed by atoms with Crippen molar-refractivity contribution in [3.63, 3.8) is 0 Å². The Bertz CT molecular complexity index is 851. The molecule has 0 unspecified atom stereocenters. The monoisotopic (exact) mass is 355 g/mol. The molecule has 0 spiro atoms. The highest BCUT2D eigenvalue weighted by atomic mass is 32.1. The summed E-state index contributed by atoms with van der Waals surface area (Å²) in [5, 5.41) is 2.07. The van der Waals surface area contributed by atoms with E-state index in [1.807, 2.05) is 52.7 Å². The molecule has 1 aliphatic rings. The molecule has 4 rings (SSSR count). The zero-order valence-corrected chi connectivity index (χ0v) is 15.0. The standard InChI is InChI=1S/C18H21N5OS/c1-21-7-3-5-16(21)18(24)23-8-2-4-14(10-23)17-19-6-9-22(17)11-15-12-25-13-20-15/h3,5-7,9,12-14H,2,4,8,10-11H2,1H3/t14-/m0/s1. The maximum absolute atomic E-state index is 12.8. The predicted octanol–water partition coefficient (Wildman–Crippen LogP) is 2.75. The first-order valence-electron chi connectivity index (χ1n) is 8.51. The van der Waals surface area contributed by atoms with Crippen LogP contribution in [0.15, 0.2) is 41.6 Å². The molecule has 1 atom stereocenters. The van der Waals surface area contributed by atoms with Crippen molar-refractivity contribution < 1.29 is 4.79 Å². The second kappa shape index (κ2) is 6.84. The van der Waals surface area contributed by atoms with Crippen molar-refractivity contribution in [1.82, 2.24) is 24.0 Å². The van der Waals surface area contributed by atoms with E-state index in [9.17, 15) is 4.79 Å². The van der Waals surface area contributed by atoms with Gasteiger partial charge in [-0.1, -0.05) is 0 Å². The van der Waals surface area contributed by atoms with Gasteiger partial charge in [-0.2, -0.15) is 0 Å². The molecule has 3 aromatic heterocycles. The average Bonchev–Trinajstić information content (AvgIpc) is 3.37. The van der Waals surface area contributed by atoms with Gasteiger partial charge in [-0.15, -0.1) is 11.3 Å². The number of hydrogen-bond donors (Lipinski definition) is 0. The largest absolute Gasteiger partial charge is 0.347 e. The molecule has 1 saturated heterocycles. The highest BCUT2D eigenvalue weighted by Gasteiger charge is 2.28. The van der Waals surface area contributed by atoms with Gasteiger partial charge in [0.2, 0.25) is 0 Å². The van der Waals surface area contributed by atoms with Gasteiger partial charge in [-0.05, 0) is 25.0 Å². The van der Waals surface area contributed by atoms with Crippen molar-refractivity contribution in [1.29, 1.82) is 0 Å². The highest BCUT2D eigenvalue weighted by molar-refractivity contribution is 7.07. The molecule has 1 amide bonds. The number of carbonyl (C=O) groups excluding carboxylic acids is 1. The number of imidazole rings is 1. The Morgan fingerprint density at radius 1 is 1.36 bits per heavy atom. The van der Waals surface area contributed by atoms with Gasteiger partial charge in [0.05, 0.1) is 17.7 Å². The third-order valence-electron chi connectivity index (χ3n) is 4.80. The first kappa shape index (κ1) is 16.1. The molecule has 0 aromatic carbocycles. The Kier molecular flexibility index (Phi) is 4.40. The molecular weight excluding hydrogens is 334 g/mol. The number of thiazole rings is 1. The second-order valence-electron chi connectivity index (χ2n) is 6.49. The quantitative estimate of drug-likeness (QED) is 0.723. The van der Waals surface area contributed by atoms with Crippen LogP contribution >= 0.6 is 11.3 Å². The van der Waals surface area contributed by atoms with Crippen molar-refractivity contribution in [2.24, 2.45) is 7.05 Å². The number of likely N-dealkylation sites (tertiary alicyclic amines) is 1. The summed E-state index contributed by atoms with van der Waals surface area (Å²) >= 11 is 1.61. The van der Waals surface area contributed by atoms with Crippen LogP contribution in [-0.2, 0) is 13.6 Å². The summed E-state index contributed by atoms with van der Waals surface area (Å²) in [5.41, 5.74) is 3.65. The average molecular weight is 355 g/mol. The Balaban J connectivity index is 1.51. The molecular formula is C18H21N5OS. The van der Waals surface area contributed by atoms with Crippen LogP contribution in [0.25, 0.3) is 0 Å². The summed E-state index contributed by atoms with van der Waals surface area (Å²) < 4.78 is 4.05. The van der Waals surface area contributed by atoms with E-state index < -0.39 is 0 Å². The van der Waals surface area contributed by atoms with Gasteiger partial charge in [-0.25, -0.2) is 9.97 Å². The van der Waals surface area contributed by atoms with Gasteiger partial charge in [0.1, 0.15) is 11.5 Å². The normalized spacial score (nSPS) is 17.8. The van der Waals surface area contributed by atoms with Gasteiger partial charge in [0, 0.05) is 50.0 Å². The van der Waals surface area contributed by atoms with Crippen LogP contribution in [0.4, 0.5) is 0 Å². The van der Waals surface area contributed by atoms with E-state index in [1.165, 1.54) is 0 Å². The van der Waals surface area contributed by atoms with Gasteiger partial charge >= 0.3 is 0 Å². The van der Waals surface area contributed by atoms with Crippen molar-refractivity contribution in [2.75, 3.05) is 13.1 Å². The lowest BCUT2D eigenvalue weighted by Gasteiger charge is -2.32. The van der Waals surface area contributed by atoms with E-state index in [-0.39, 0.29) is 11.8 Å². The molecule has 0 N–H and O–H groups in total. The molecule has 0 bridgehead atoms. The van der Waals surface area contributed by atoms with E-state index in [1.54, 1.807) is 11.3 Å². The molecule has 3 aromatic rings. The first-order chi connectivity index (χ1) is 12.2. The van der Waals surface area contributed by atoms with Crippen LogP contribution in [0.3, 0.4) is 0 Å². The summed E-state index contributed by atoms with van der Waals surface area (Å²) in [6, 6.07) is 3.80. The third kappa shape index (κ3) is 3.24. The molecule has 1 fully saturated rings. The van der Waals surface area contributed by atoms with Crippen LogP contribution in [0.1, 0.15) is 40.8 Å². The van der Waals surface area contributed by atoms with E-state index in [0.717, 1.165) is 49.7 Å². The molecule has 6 nitrogen and oxygen atoms in total. The molecule has 7 heteroatoms. The van der Waals surface area contributed by atoms with Crippen LogP contribution in [0.5, 0.6) is 0 Å². The molecule has 25 heavy (non-hydrogen) atoms. The van der Waals surface area contributed by atoms with Gasteiger partial charge in [0.15, 0.2) is 0 Å². The Hall–Kier alpha value is -2.41. The minimum absolute atomic E-state index is 0.106. The topological polar surface area (TPSA) is 56.0 Å². The van der Waals surface area contributed by atoms with Crippen molar-refractivity contribution >= 4 is 17.2 Å². The van der Waals surface area contributed by atoms with Crippen LogP contribution in [0, 0.1) is 0 Å². The third-order valence-corrected chi connectivity index (χ3v) is 5.44. The predicted molar refractivity (Wildman–Crippen MR) is 96.7 cm³/mol. The SMILES string of the molecule is Cn1cccc1C(=O)N1CCC[C@H](c2nccn2Cc2cscn2)C1. The van der Waals surface area contributed by atoms with E-state index in [0.29, 0.717) is 0 Å². The smallest absolute Gasteiger partial charge is 0.270 e. The molecule has 0 aliphatic carbocycles. The first-order valence-corrected chi connectivity index (χ1v) is 9.45. The molecule has 0 saturated carbocycles.